The molecule has 0 bridgehead atoms. The Morgan fingerprint density at radius 1 is 1.36 bits per heavy atom. The van der Waals surface area contributed by atoms with E-state index in [9.17, 15) is 9.18 Å². The zero-order valence-electron chi connectivity index (χ0n) is 13.4. The van der Waals surface area contributed by atoms with Crippen molar-refractivity contribution in [3.8, 4) is 0 Å². The fraction of sp³-hybridized carbons (Fsp3) is 0.611. The number of amides is 1. The summed E-state index contributed by atoms with van der Waals surface area (Å²) in [7, 11) is 0. The molecular weight excluding hydrogens is 279 g/mol. The highest BCUT2D eigenvalue weighted by atomic mass is 19.1. The van der Waals surface area contributed by atoms with Crippen LogP contribution in [0, 0.1) is 17.7 Å². The molecule has 120 valence electrons. The van der Waals surface area contributed by atoms with E-state index in [1.807, 2.05) is 11.0 Å². The fourth-order valence-corrected chi connectivity index (χ4v) is 3.38. The number of carbonyl (C=O) groups excluding carboxylic acids is 1. The Kier molecular flexibility index (Phi) is 4.48. The predicted molar refractivity (Wildman–Crippen MR) is 84.8 cm³/mol. The van der Waals surface area contributed by atoms with Crippen LogP contribution < -0.4 is 5.32 Å². The number of halogens is 1. The smallest absolute Gasteiger partial charge is 0.225 e. The molecular formula is C18H25FN2O. The van der Waals surface area contributed by atoms with Gasteiger partial charge in [0.05, 0.1) is 0 Å². The van der Waals surface area contributed by atoms with Crippen molar-refractivity contribution in [2.45, 2.75) is 45.2 Å². The maximum absolute atomic E-state index is 13.3. The van der Waals surface area contributed by atoms with E-state index in [2.05, 4.69) is 19.2 Å². The molecule has 1 aliphatic heterocycles. The zero-order valence-corrected chi connectivity index (χ0v) is 13.4. The molecule has 3 rings (SSSR count). The van der Waals surface area contributed by atoms with Gasteiger partial charge in [0.25, 0.3) is 0 Å². The van der Waals surface area contributed by atoms with E-state index >= 15 is 0 Å². The first-order chi connectivity index (χ1) is 10.5. The van der Waals surface area contributed by atoms with Gasteiger partial charge in [0.1, 0.15) is 5.82 Å². The summed E-state index contributed by atoms with van der Waals surface area (Å²) in [6.45, 7) is 5.95. The van der Waals surface area contributed by atoms with Crippen LogP contribution in [-0.4, -0.2) is 29.9 Å². The van der Waals surface area contributed by atoms with Crippen molar-refractivity contribution in [2.24, 2.45) is 11.8 Å². The maximum Gasteiger partial charge on any atom is 0.225 e. The van der Waals surface area contributed by atoms with E-state index in [4.69, 9.17) is 0 Å². The van der Waals surface area contributed by atoms with E-state index in [-0.39, 0.29) is 11.9 Å². The molecule has 1 aliphatic carbocycles. The molecule has 3 atom stereocenters. The maximum atomic E-state index is 13.3. The number of nitrogens with one attached hydrogen (secondary N) is 1. The van der Waals surface area contributed by atoms with Crippen molar-refractivity contribution < 1.29 is 9.18 Å². The molecule has 2 fully saturated rings. The summed E-state index contributed by atoms with van der Waals surface area (Å²) in [5.74, 6) is 0.892. The number of likely N-dealkylation sites (tertiary alicyclic amines) is 1. The minimum absolute atomic E-state index is 0.119. The summed E-state index contributed by atoms with van der Waals surface area (Å²) in [6.07, 6.45) is 3.11. The molecule has 1 heterocycles. The molecule has 1 saturated carbocycles. The van der Waals surface area contributed by atoms with Gasteiger partial charge in [-0.05, 0) is 49.8 Å². The summed E-state index contributed by atoms with van der Waals surface area (Å²) < 4.78 is 13.3. The fourth-order valence-electron chi connectivity index (χ4n) is 3.38. The average molecular weight is 304 g/mol. The van der Waals surface area contributed by atoms with Crippen molar-refractivity contribution >= 4 is 5.91 Å². The van der Waals surface area contributed by atoms with Gasteiger partial charge in [-0.15, -0.1) is 0 Å². The van der Waals surface area contributed by atoms with Crippen LogP contribution in [-0.2, 0) is 4.79 Å². The number of hydrogen-bond donors (Lipinski definition) is 1. The molecule has 0 unspecified atom stereocenters. The van der Waals surface area contributed by atoms with Crippen molar-refractivity contribution in [1.29, 1.82) is 0 Å². The van der Waals surface area contributed by atoms with Crippen LogP contribution in [0.3, 0.4) is 0 Å². The molecule has 22 heavy (non-hydrogen) atoms. The molecule has 0 radical (unpaired) electrons. The lowest BCUT2D eigenvalue weighted by Gasteiger charge is -2.39. The summed E-state index contributed by atoms with van der Waals surface area (Å²) in [5, 5.41) is 3.61. The highest BCUT2D eigenvalue weighted by molar-refractivity contribution is 5.81. The van der Waals surface area contributed by atoms with Crippen LogP contribution in [0.1, 0.15) is 44.7 Å². The van der Waals surface area contributed by atoms with Crippen molar-refractivity contribution in [2.75, 3.05) is 13.1 Å². The summed E-state index contributed by atoms with van der Waals surface area (Å²) >= 11 is 0. The van der Waals surface area contributed by atoms with Crippen LogP contribution in [0.2, 0.25) is 0 Å². The van der Waals surface area contributed by atoms with Crippen LogP contribution >= 0.6 is 0 Å². The van der Waals surface area contributed by atoms with Crippen LogP contribution in [0.25, 0.3) is 0 Å². The SMILES string of the molecule is C[C@H](N[C@@H]1CCN(C(=O)C2CC2)C[C@H]1C)c1cccc(F)c1. The quantitative estimate of drug-likeness (QED) is 0.927. The Morgan fingerprint density at radius 2 is 2.14 bits per heavy atom. The van der Waals surface area contributed by atoms with E-state index in [0.717, 1.165) is 37.9 Å². The molecule has 0 spiro atoms. The number of rotatable bonds is 4. The lowest BCUT2D eigenvalue weighted by atomic mass is 9.92. The number of nitrogens with zero attached hydrogens (tertiary/aromatic N) is 1. The molecule has 1 aromatic rings. The van der Waals surface area contributed by atoms with Gasteiger partial charge in [-0.25, -0.2) is 4.39 Å². The van der Waals surface area contributed by atoms with Crippen LogP contribution in [0.4, 0.5) is 4.39 Å². The first kappa shape index (κ1) is 15.5. The molecule has 1 amide bonds. The standard InChI is InChI=1S/C18H25FN2O/c1-12-11-21(18(22)14-6-7-14)9-8-17(12)20-13(2)15-4-3-5-16(19)10-15/h3-5,10,12-14,17,20H,6-9,11H2,1-2H3/t12-,13+,17-/m1/s1. The van der Waals surface area contributed by atoms with Gasteiger partial charge in [-0.3, -0.25) is 4.79 Å². The molecule has 1 N–H and O–H groups in total. The topological polar surface area (TPSA) is 32.3 Å². The number of piperidine rings is 1. The van der Waals surface area contributed by atoms with Gasteiger partial charge in [0, 0.05) is 31.1 Å². The third kappa shape index (κ3) is 3.49. The monoisotopic (exact) mass is 304 g/mol. The lowest BCUT2D eigenvalue weighted by molar-refractivity contribution is -0.134. The van der Waals surface area contributed by atoms with Crippen LogP contribution in [0.5, 0.6) is 0 Å². The van der Waals surface area contributed by atoms with Gasteiger partial charge >= 0.3 is 0 Å². The molecule has 3 nitrogen and oxygen atoms in total. The Morgan fingerprint density at radius 3 is 2.77 bits per heavy atom. The lowest BCUT2D eigenvalue weighted by Crippen LogP contribution is -2.50. The summed E-state index contributed by atoms with van der Waals surface area (Å²) in [5.41, 5.74) is 0.976. The Bertz CT molecular complexity index is 544. The van der Waals surface area contributed by atoms with Gasteiger partial charge in [-0.2, -0.15) is 0 Å². The summed E-state index contributed by atoms with van der Waals surface area (Å²) in [4.78, 5) is 14.2. The van der Waals surface area contributed by atoms with Gasteiger partial charge in [0.2, 0.25) is 5.91 Å². The highest BCUT2D eigenvalue weighted by Gasteiger charge is 2.37. The van der Waals surface area contributed by atoms with Crippen LogP contribution in [0.15, 0.2) is 24.3 Å². The summed E-state index contributed by atoms with van der Waals surface area (Å²) in [6, 6.07) is 7.27. The number of hydrogen-bond acceptors (Lipinski definition) is 2. The Balaban J connectivity index is 1.56. The van der Waals surface area contributed by atoms with Crippen molar-refractivity contribution in [3.05, 3.63) is 35.6 Å². The second-order valence-corrected chi connectivity index (χ2v) is 6.87. The van der Waals surface area contributed by atoms with E-state index < -0.39 is 0 Å². The largest absolute Gasteiger partial charge is 0.342 e. The molecule has 2 aliphatic rings. The van der Waals surface area contributed by atoms with Gasteiger partial charge in [0.15, 0.2) is 0 Å². The Hall–Kier alpha value is -1.42. The highest BCUT2D eigenvalue weighted by Crippen LogP contribution is 2.32. The van der Waals surface area contributed by atoms with E-state index in [1.54, 1.807) is 12.1 Å². The zero-order chi connectivity index (χ0) is 15.7. The molecule has 1 aromatic carbocycles. The molecule has 4 heteroatoms. The second kappa shape index (κ2) is 6.37. The third-order valence-electron chi connectivity index (χ3n) is 4.96. The van der Waals surface area contributed by atoms with Crippen molar-refractivity contribution in [1.82, 2.24) is 10.2 Å². The first-order valence-electron chi connectivity index (χ1n) is 8.35. The Labute approximate surface area is 131 Å². The van der Waals surface area contributed by atoms with E-state index in [1.165, 1.54) is 6.07 Å². The average Bonchev–Trinajstić information content (AvgIpc) is 3.33. The minimum atomic E-state index is -0.191. The number of carbonyl (C=O) groups is 1. The van der Waals surface area contributed by atoms with Gasteiger partial charge in [-0.1, -0.05) is 19.1 Å². The molecule has 1 saturated heterocycles. The van der Waals surface area contributed by atoms with E-state index in [0.29, 0.717) is 23.8 Å². The number of benzene rings is 1. The van der Waals surface area contributed by atoms with Gasteiger partial charge < -0.3 is 10.2 Å². The minimum Gasteiger partial charge on any atom is -0.342 e. The van der Waals surface area contributed by atoms with Crippen molar-refractivity contribution in [3.63, 3.8) is 0 Å². The predicted octanol–water partition coefficient (Wildman–Crippen LogP) is 3.12. The second-order valence-electron chi connectivity index (χ2n) is 6.87. The normalized spacial score (nSPS) is 26.8. The third-order valence-corrected chi connectivity index (χ3v) is 4.96. The first-order valence-corrected chi connectivity index (χ1v) is 8.35. The molecule has 0 aromatic heterocycles.